The quantitative estimate of drug-likeness (QED) is 0.316. The highest BCUT2D eigenvalue weighted by molar-refractivity contribution is 5.93. The van der Waals surface area contributed by atoms with Gasteiger partial charge < -0.3 is 0 Å². The molecule has 0 saturated carbocycles. The molecule has 0 heteroatoms. The van der Waals surface area contributed by atoms with Crippen LogP contribution in [-0.2, 0) is 0 Å². The summed E-state index contributed by atoms with van der Waals surface area (Å²) in [6, 6.07) is 37.5. The third-order valence-corrected chi connectivity index (χ3v) is 6.54. The second-order valence-electron chi connectivity index (χ2n) is 8.80. The summed E-state index contributed by atoms with van der Waals surface area (Å²) >= 11 is 0. The number of fused-ring (bicyclic) bond motifs is 1. The van der Waals surface area contributed by atoms with Gasteiger partial charge in [-0.1, -0.05) is 121 Å². The summed E-state index contributed by atoms with van der Waals surface area (Å²) in [5.74, 6) is 0.340. The Hall–Kier alpha value is -3.64. The third-order valence-electron chi connectivity index (χ3n) is 6.54. The van der Waals surface area contributed by atoms with Crippen molar-refractivity contribution in [2.24, 2.45) is 0 Å². The van der Waals surface area contributed by atoms with Gasteiger partial charge in [-0.25, -0.2) is 0 Å². The molecule has 0 aromatic heterocycles. The molecular weight excluding hydrogens is 384 g/mol. The van der Waals surface area contributed by atoms with Crippen LogP contribution in [0, 0.1) is 13.8 Å². The molecular formula is C32H28. The van der Waals surface area contributed by atoms with Gasteiger partial charge in [0.25, 0.3) is 0 Å². The van der Waals surface area contributed by atoms with E-state index in [-0.39, 0.29) is 0 Å². The zero-order chi connectivity index (χ0) is 22.1. The van der Waals surface area contributed by atoms with Crippen LogP contribution in [0.1, 0.15) is 51.8 Å². The molecule has 5 rings (SSSR count). The van der Waals surface area contributed by atoms with Gasteiger partial charge in [-0.3, -0.25) is 0 Å². The second-order valence-corrected chi connectivity index (χ2v) is 8.80. The second kappa shape index (κ2) is 8.48. The molecule has 1 unspecified atom stereocenters. The van der Waals surface area contributed by atoms with Gasteiger partial charge >= 0.3 is 0 Å². The summed E-state index contributed by atoms with van der Waals surface area (Å²) in [4.78, 5) is 0. The van der Waals surface area contributed by atoms with E-state index >= 15 is 0 Å². The number of rotatable bonds is 4. The van der Waals surface area contributed by atoms with E-state index in [1.807, 2.05) is 0 Å². The molecule has 0 N–H and O–H groups in total. The third kappa shape index (κ3) is 3.74. The summed E-state index contributed by atoms with van der Waals surface area (Å²) in [5.41, 5.74) is 13.1. The van der Waals surface area contributed by atoms with E-state index in [2.05, 4.69) is 130 Å². The number of allylic oxidation sites excluding steroid dienone is 2. The maximum atomic E-state index is 2.43. The lowest BCUT2D eigenvalue weighted by molar-refractivity contribution is 0.947. The molecule has 1 atom stereocenters. The Morgan fingerprint density at radius 1 is 0.625 bits per heavy atom. The molecule has 0 nitrogen and oxygen atoms in total. The van der Waals surface area contributed by atoms with Crippen LogP contribution in [0.15, 0.2) is 115 Å². The molecule has 156 valence electrons. The minimum absolute atomic E-state index is 0.340. The van der Waals surface area contributed by atoms with Crippen LogP contribution in [0.25, 0.3) is 11.1 Å². The van der Waals surface area contributed by atoms with E-state index in [1.165, 1.54) is 55.7 Å². The summed E-state index contributed by atoms with van der Waals surface area (Å²) in [6.45, 7) is 6.62. The van der Waals surface area contributed by atoms with Gasteiger partial charge in [0.15, 0.2) is 0 Å². The van der Waals surface area contributed by atoms with Crippen LogP contribution >= 0.6 is 0 Å². The first-order valence-electron chi connectivity index (χ1n) is 11.4. The first-order chi connectivity index (χ1) is 15.6. The molecule has 4 aromatic rings. The van der Waals surface area contributed by atoms with Gasteiger partial charge in [0.2, 0.25) is 0 Å². The van der Waals surface area contributed by atoms with Crippen LogP contribution in [0.3, 0.4) is 0 Å². The highest BCUT2D eigenvalue weighted by Gasteiger charge is 2.28. The molecule has 0 fully saturated rings. The number of aryl methyl sites for hydroxylation is 2. The van der Waals surface area contributed by atoms with E-state index in [0.717, 1.165) is 0 Å². The average Bonchev–Trinajstić information content (AvgIpc) is 3.11. The van der Waals surface area contributed by atoms with Gasteiger partial charge in [0.1, 0.15) is 0 Å². The van der Waals surface area contributed by atoms with Crippen LogP contribution in [0.5, 0.6) is 0 Å². The number of hydrogen-bond acceptors (Lipinski definition) is 0. The zero-order valence-electron chi connectivity index (χ0n) is 19.0. The van der Waals surface area contributed by atoms with Gasteiger partial charge in [-0.15, -0.1) is 0 Å². The molecule has 32 heavy (non-hydrogen) atoms. The fraction of sp³-hybridized carbons (Fsp3) is 0.125. The zero-order valence-corrected chi connectivity index (χ0v) is 19.0. The van der Waals surface area contributed by atoms with E-state index in [9.17, 15) is 0 Å². The average molecular weight is 413 g/mol. The molecule has 0 bridgehead atoms. The topological polar surface area (TPSA) is 0 Å². The molecule has 0 aliphatic heterocycles. The van der Waals surface area contributed by atoms with Crippen molar-refractivity contribution in [2.45, 2.75) is 26.7 Å². The first-order valence-corrected chi connectivity index (χ1v) is 11.4. The Morgan fingerprint density at radius 2 is 1.16 bits per heavy atom. The highest BCUT2D eigenvalue weighted by atomic mass is 14.3. The Balaban J connectivity index is 1.77. The lowest BCUT2D eigenvalue weighted by Gasteiger charge is -2.14. The van der Waals surface area contributed by atoms with Crippen molar-refractivity contribution in [3.05, 3.63) is 154 Å². The van der Waals surface area contributed by atoms with Crippen LogP contribution in [0.4, 0.5) is 0 Å². The summed E-state index contributed by atoms with van der Waals surface area (Å²) in [5, 5.41) is 0. The molecule has 0 radical (unpaired) electrons. The van der Waals surface area contributed by atoms with Gasteiger partial charge in [-0.05, 0) is 64.5 Å². The van der Waals surface area contributed by atoms with E-state index in [4.69, 9.17) is 0 Å². The first kappa shape index (κ1) is 20.3. The lowest BCUT2D eigenvalue weighted by atomic mass is 9.89. The van der Waals surface area contributed by atoms with Crippen LogP contribution in [0.2, 0.25) is 0 Å². The molecule has 0 spiro atoms. The van der Waals surface area contributed by atoms with Crippen molar-refractivity contribution in [1.29, 1.82) is 0 Å². The smallest absolute Gasteiger partial charge is 0.00737 e. The van der Waals surface area contributed by atoms with Crippen molar-refractivity contribution in [1.82, 2.24) is 0 Å². The highest BCUT2D eigenvalue weighted by Crippen LogP contribution is 2.46. The summed E-state index contributed by atoms with van der Waals surface area (Å²) < 4.78 is 0. The van der Waals surface area contributed by atoms with Crippen molar-refractivity contribution >= 4 is 11.1 Å². The van der Waals surface area contributed by atoms with E-state index < -0.39 is 0 Å². The molecule has 0 heterocycles. The normalized spacial score (nSPS) is 14.9. The van der Waals surface area contributed by atoms with Gasteiger partial charge in [-0.2, -0.15) is 0 Å². The number of benzene rings is 4. The Kier molecular flexibility index (Phi) is 5.37. The minimum Gasteiger partial charge on any atom is -0.0622 e. The van der Waals surface area contributed by atoms with Crippen LogP contribution < -0.4 is 0 Å². The van der Waals surface area contributed by atoms with Crippen molar-refractivity contribution in [3.63, 3.8) is 0 Å². The summed E-state index contributed by atoms with van der Waals surface area (Å²) in [6.07, 6.45) is 2.43. The fourth-order valence-corrected chi connectivity index (χ4v) is 4.72. The minimum atomic E-state index is 0.340. The van der Waals surface area contributed by atoms with Crippen molar-refractivity contribution < 1.29 is 0 Å². The number of hydrogen-bond donors (Lipinski definition) is 0. The molecule has 0 amide bonds. The maximum absolute atomic E-state index is 2.43. The van der Waals surface area contributed by atoms with Gasteiger partial charge in [0, 0.05) is 5.92 Å². The lowest BCUT2D eigenvalue weighted by Crippen LogP contribution is -1.95. The maximum Gasteiger partial charge on any atom is 0.00737 e. The molecule has 4 aromatic carbocycles. The monoisotopic (exact) mass is 412 g/mol. The molecule has 0 saturated heterocycles. The standard InChI is InChI=1S/C32H28/c1-22-13-17-25(18-14-22)31(26-19-15-23(2)16-20-26)21-30-24(3)28-11-7-8-12-29(28)32(30)27-9-5-4-6-10-27/h4-21,24H,1-3H3. The van der Waals surface area contributed by atoms with Gasteiger partial charge in [0.05, 0.1) is 0 Å². The SMILES string of the molecule is Cc1ccc(C(=CC2=C(c3ccccc3)c3ccccc3C2C)c2ccc(C)cc2)cc1. The fourth-order valence-electron chi connectivity index (χ4n) is 4.72. The Morgan fingerprint density at radius 3 is 1.75 bits per heavy atom. The van der Waals surface area contributed by atoms with Crippen LogP contribution in [-0.4, -0.2) is 0 Å². The Bertz CT molecular complexity index is 1250. The largest absolute Gasteiger partial charge is 0.0622 e. The predicted octanol–water partition coefficient (Wildman–Crippen LogP) is 8.35. The molecule has 1 aliphatic rings. The van der Waals surface area contributed by atoms with E-state index in [1.54, 1.807) is 0 Å². The van der Waals surface area contributed by atoms with Crippen molar-refractivity contribution in [3.8, 4) is 0 Å². The summed E-state index contributed by atoms with van der Waals surface area (Å²) in [7, 11) is 0. The Labute approximate surface area is 191 Å². The van der Waals surface area contributed by atoms with Crippen molar-refractivity contribution in [2.75, 3.05) is 0 Å². The predicted molar refractivity (Wildman–Crippen MR) is 137 cm³/mol. The molecule has 1 aliphatic carbocycles. The van der Waals surface area contributed by atoms with E-state index in [0.29, 0.717) is 5.92 Å².